The molecule has 148 valence electrons. The highest BCUT2D eigenvalue weighted by molar-refractivity contribution is 5.94. The number of aromatic nitrogens is 4. The molecule has 0 saturated carbocycles. The summed E-state index contributed by atoms with van der Waals surface area (Å²) >= 11 is 0. The second kappa shape index (κ2) is 7.13. The van der Waals surface area contributed by atoms with Crippen LogP contribution in [0.1, 0.15) is 12.0 Å². The molecule has 2 N–H and O–H groups in total. The Morgan fingerprint density at radius 2 is 2.07 bits per heavy atom. The summed E-state index contributed by atoms with van der Waals surface area (Å²) in [5, 5.41) is 20.0. The fraction of sp³-hybridized carbons (Fsp3) is 0.182. The summed E-state index contributed by atoms with van der Waals surface area (Å²) in [5.74, 6) is 0.552. The molecule has 0 amide bonds. The van der Waals surface area contributed by atoms with Gasteiger partial charge in [-0.05, 0) is 24.6 Å². The fourth-order valence-electron chi connectivity index (χ4n) is 3.95. The van der Waals surface area contributed by atoms with Gasteiger partial charge in [-0.2, -0.15) is 5.26 Å². The van der Waals surface area contributed by atoms with Crippen molar-refractivity contribution in [2.24, 2.45) is 0 Å². The first-order valence-electron chi connectivity index (χ1n) is 9.63. The third-order valence-corrected chi connectivity index (χ3v) is 5.38. The van der Waals surface area contributed by atoms with Crippen LogP contribution in [-0.2, 0) is 0 Å². The van der Waals surface area contributed by atoms with Crippen LogP contribution in [0.15, 0.2) is 59.9 Å². The van der Waals surface area contributed by atoms with Gasteiger partial charge < -0.3 is 19.6 Å². The van der Waals surface area contributed by atoms with Crippen molar-refractivity contribution in [1.82, 2.24) is 19.5 Å². The van der Waals surface area contributed by atoms with Crippen molar-refractivity contribution in [3.8, 4) is 22.9 Å². The molecule has 1 fully saturated rings. The lowest BCUT2D eigenvalue weighted by atomic mass is 10.1. The van der Waals surface area contributed by atoms with Gasteiger partial charge >= 0.3 is 0 Å². The number of anilines is 1. The molecule has 1 atom stereocenters. The highest BCUT2D eigenvalue weighted by Crippen LogP contribution is 2.32. The van der Waals surface area contributed by atoms with Gasteiger partial charge in [0.25, 0.3) is 5.56 Å². The molecule has 0 bridgehead atoms. The van der Waals surface area contributed by atoms with E-state index in [9.17, 15) is 15.2 Å². The van der Waals surface area contributed by atoms with Gasteiger partial charge in [-0.15, -0.1) is 0 Å². The SMILES string of the molecule is N#Cc1cc(-c2cn(-c3ccccc3)c3nc[nH]c(=O)c23)cnc1N1CC[C@@H](O)C1. The highest BCUT2D eigenvalue weighted by Gasteiger charge is 2.24. The van der Waals surface area contributed by atoms with E-state index in [0.717, 1.165) is 5.69 Å². The number of rotatable bonds is 3. The maximum absolute atomic E-state index is 12.7. The van der Waals surface area contributed by atoms with Gasteiger partial charge in [-0.3, -0.25) is 4.79 Å². The van der Waals surface area contributed by atoms with Gasteiger partial charge in [-0.1, -0.05) is 18.2 Å². The lowest BCUT2D eigenvalue weighted by Gasteiger charge is -2.18. The van der Waals surface area contributed by atoms with E-state index in [0.29, 0.717) is 53.1 Å². The van der Waals surface area contributed by atoms with E-state index >= 15 is 0 Å². The molecule has 0 spiro atoms. The number of β-amino-alcohol motifs (C(OH)–C–C–N with tert-alkyl or cyclic N) is 1. The molecule has 0 aliphatic carbocycles. The molecule has 0 radical (unpaired) electrons. The zero-order valence-corrected chi connectivity index (χ0v) is 16.0. The van der Waals surface area contributed by atoms with Crippen molar-refractivity contribution < 1.29 is 5.11 Å². The van der Waals surface area contributed by atoms with Crippen LogP contribution in [0.25, 0.3) is 27.8 Å². The van der Waals surface area contributed by atoms with Crippen LogP contribution in [0.2, 0.25) is 0 Å². The second-order valence-corrected chi connectivity index (χ2v) is 7.27. The number of aromatic amines is 1. The average Bonchev–Trinajstić information content (AvgIpc) is 3.38. The molecule has 5 rings (SSSR count). The summed E-state index contributed by atoms with van der Waals surface area (Å²) in [5.41, 5.74) is 2.87. The molecule has 4 aromatic rings. The zero-order valence-electron chi connectivity index (χ0n) is 16.0. The Kier molecular flexibility index (Phi) is 4.30. The van der Waals surface area contributed by atoms with Crippen LogP contribution in [0.5, 0.6) is 0 Å². The first-order chi connectivity index (χ1) is 14.7. The van der Waals surface area contributed by atoms with Crippen molar-refractivity contribution in [1.29, 1.82) is 5.26 Å². The normalized spacial score (nSPS) is 16.1. The number of fused-ring (bicyclic) bond motifs is 1. The predicted octanol–water partition coefficient (Wildman–Crippen LogP) is 2.22. The maximum Gasteiger partial charge on any atom is 0.260 e. The minimum Gasteiger partial charge on any atom is -0.391 e. The fourth-order valence-corrected chi connectivity index (χ4v) is 3.95. The topological polar surface area (TPSA) is 111 Å². The lowest BCUT2D eigenvalue weighted by Crippen LogP contribution is -2.23. The zero-order chi connectivity index (χ0) is 20.7. The van der Waals surface area contributed by atoms with Crippen molar-refractivity contribution in [2.75, 3.05) is 18.0 Å². The standard InChI is InChI=1S/C22H18N6O2/c23-9-14-8-15(10-24-20(14)27-7-6-17(29)11-27)18-12-28(16-4-2-1-3-5-16)21-19(18)22(30)26-13-25-21/h1-5,8,10,12-13,17,29H,6-7,11H2,(H,25,26,30)/t17-/m1/s1. The number of pyridine rings is 1. The van der Waals surface area contributed by atoms with E-state index in [-0.39, 0.29) is 5.56 Å². The quantitative estimate of drug-likeness (QED) is 0.547. The molecule has 30 heavy (non-hydrogen) atoms. The molecule has 1 saturated heterocycles. The average molecular weight is 398 g/mol. The molecule has 1 aliphatic rings. The molecule has 3 aromatic heterocycles. The molecular weight excluding hydrogens is 380 g/mol. The number of aliphatic hydroxyl groups is 1. The van der Waals surface area contributed by atoms with Crippen LogP contribution in [-0.4, -0.2) is 43.8 Å². The van der Waals surface area contributed by atoms with E-state index in [1.807, 2.05) is 46.0 Å². The first kappa shape index (κ1) is 18.1. The molecule has 8 nitrogen and oxygen atoms in total. The maximum atomic E-state index is 12.7. The Balaban J connectivity index is 1.69. The van der Waals surface area contributed by atoms with Gasteiger partial charge in [0, 0.05) is 42.3 Å². The number of hydrogen-bond acceptors (Lipinski definition) is 6. The van der Waals surface area contributed by atoms with Crippen molar-refractivity contribution in [3.63, 3.8) is 0 Å². The molecular formula is C22H18N6O2. The van der Waals surface area contributed by atoms with Crippen molar-refractivity contribution in [3.05, 3.63) is 71.0 Å². The van der Waals surface area contributed by atoms with Gasteiger partial charge in [0.05, 0.1) is 23.4 Å². The Morgan fingerprint density at radius 3 is 2.80 bits per heavy atom. The molecule has 0 unspecified atom stereocenters. The third-order valence-electron chi connectivity index (χ3n) is 5.38. The van der Waals surface area contributed by atoms with Gasteiger partial charge in [0.2, 0.25) is 0 Å². The Bertz CT molecular complexity index is 1340. The van der Waals surface area contributed by atoms with E-state index < -0.39 is 6.10 Å². The highest BCUT2D eigenvalue weighted by atomic mass is 16.3. The number of benzene rings is 1. The second-order valence-electron chi connectivity index (χ2n) is 7.27. The van der Waals surface area contributed by atoms with E-state index in [1.165, 1.54) is 6.33 Å². The number of hydrogen-bond donors (Lipinski definition) is 2. The smallest absolute Gasteiger partial charge is 0.260 e. The number of H-pyrrole nitrogens is 1. The Morgan fingerprint density at radius 1 is 1.23 bits per heavy atom. The summed E-state index contributed by atoms with van der Waals surface area (Å²) in [6.45, 7) is 1.11. The summed E-state index contributed by atoms with van der Waals surface area (Å²) < 4.78 is 1.86. The van der Waals surface area contributed by atoms with Crippen molar-refractivity contribution in [2.45, 2.75) is 12.5 Å². The summed E-state index contributed by atoms with van der Waals surface area (Å²) in [6.07, 6.45) is 5.14. The molecule has 8 heteroatoms. The van der Waals surface area contributed by atoms with Crippen LogP contribution >= 0.6 is 0 Å². The predicted molar refractivity (Wildman–Crippen MR) is 112 cm³/mol. The first-order valence-corrected chi connectivity index (χ1v) is 9.63. The lowest BCUT2D eigenvalue weighted by molar-refractivity contribution is 0.198. The number of aliphatic hydroxyl groups excluding tert-OH is 1. The van der Waals surface area contributed by atoms with Crippen molar-refractivity contribution >= 4 is 16.9 Å². The number of nitriles is 1. The number of nitrogens with one attached hydrogen (secondary N) is 1. The third kappa shape index (κ3) is 2.93. The van der Waals surface area contributed by atoms with Gasteiger partial charge in [0.1, 0.15) is 11.9 Å². The van der Waals surface area contributed by atoms with Gasteiger partial charge in [-0.25, -0.2) is 9.97 Å². The van der Waals surface area contributed by atoms with Crippen LogP contribution in [0.3, 0.4) is 0 Å². The minimum absolute atomic E-state index is 0.255. The summed E-state index contributed by atoms with van der Waals surface area (Å²) in [6, 6.07) is 13.6. The van der Waals surface area contributed by atoms with E-state index in [1.54, 1.807) is 12.3 Å². The summed E-state index contributed by atoms with van der Waals surface area (Å²) in [4.78, 5) is 26.1. The Hall–Kier alpha value is -3.96. The molecule has 4 heterocycles. The number of para-hydroxylation sites is 1. The minimum atomic E-state index is -0.411. The molecule has 1 aliphatic heterocycles. The van der Waals surface area contributed by atoms with Crippen LogP contribution in [0.4, 0.5) is 5.82 Å². The number of nitrogens with zero attached hydrogens (tertiary/aromatic N) is 5. The van der Waals surface area contributed by atoms with Gasteiger partial charge in [0.15, 0.2) is 5.65 Å². The largest absolute Gasteiger partial charge is 0.391 e. The monoisotopic (exact) mass is 398 g/mol. The van der Waals surface area contributed by atoms with Crippen LogP contribution in [0, 0.1) is 11.3 Å². The van der Waals surface area contributed by atoms with E-state index in [4.69, 9.17) is 0 Å². The van der Waals surface area contributed by atoms with E-state index in [2.05, 4.69) is 21.0 Å². The van der Waals surface area contributed by atoms with Crippen LogP contribution < -0.4 is 10.5 Å². The Labute approximate surface area is 171 Å². The summed E-state index contributed by atoms with van der Waals surface area (Å²) in [7, 11) is 0. The molecule has 1 aromatic carbocycles.